The summed E-state index contributed by atoms with van der Waals surface area (Å²) in [7, 11) is 0. The zero-order chi connectivity index (χ0) is 20.2. The molecule has 1 saturated heterocycles. The Labute approximate surface area is 183 Å². The van der Waals surface area contributed by atoms with E-state index in [1.807, 2.05) is 23.9 Å². The summed E-state index contributed by atoms with van der Waals surface area (Å²) in [5.41, 5.74) is 1.91. The van der Waals surface area contributed by atoms with E-state index in [0.717, 1.165) is 26.7 Å². The van der Waals surface area contributed by atoms with Crippen LogP contribution in [0.15, 0.2) is 46.8 Å². The molecule has 2 heterocycles. The second-order valence-electron chi connectivity index (χ2n) is 8.62. The molecule has 0 spiro atoms. The van der Waals surface area contributed by atoms with Crippen LogP contribution in [0, 0.1) is 23.7 Å². The second kappa shape index (κ2) is 7.24. The van der Waals surface area contributed by atoms with Gasteiger partial charge < -0.3 is 5.32 Å². The lowest BCUT2D eigenvalue weighted by Gasteiger charge is -2.18. The lowest BCUT2D eigenvalue weighted by Crippen LogP contribution is -2.37. The third-order valence-electron chi connectivity index (χ3n) is 6.83. The molecule has 5 nitrogen and oxygen atoms in total. The number of amides is 2. The van der Waals surface area contributed by atoms with Crippen molar-refractivity contribution < 1.29 is 9.59 Å². The summed E-state index contributed by atoms with van der Waals surface area (Å²) >= 11 is 3.55. The Hall–Kier alpha value is -2.12. The summed E-state index contributed by atoms with van der Waals surface area (Å²) < 4.78 is 2.22. The van der Waals surface area contributed by atoms with Crippen molar-refractivity contribution >= 4 is 50.8 Å². The molecule has 1 aromatic carbocycles. The Bertz CT molecular complexity index is 1060. The van der Waals surface area contributed by atoms with Gasteiger partial charge in [0.15, 0.2) is 4.34 Å². The number of nitrogens with one attached hydrogen (secondary N) is 1. The van der Waals surface area contributed by atoms with Crippen LogP contribution in [0.4, 0.5) is 5.69 Å². The number of carbonyl (C=O) groups is 2. The zero-order valence-corrected chi connectivity index (χ0v) is 18.1. The smallest absolute Gasteiger partial charge is 0.235 e. The summed E-state index contributed by atoms with van der Waals surface area (Å²) in [6, 6.07) is 6.07. The van der Waals surface area contributed by atoms with Crippen LogP contribution in [0.3, 0.4) is 0 Å². The number of imide groups is 1. The molecule has 5 atom stereocenters. The van der Waals surface area contributed by atoms with Crippen LogP contribution in [-0.4, -0.2) is 33.6 Å². The topological polar surface area (TPSA) is 62.3 Å². The maximum absolute atomic E-state index is 12.8. The molecule has 2 aromatic rings. The van der Waals surface area contributed by atoms with Crippen molar-refractivity contribution in [3.63, 3.8) is 0 Å². The number of rotatable bonds is 5. The Morgan fingerprint density at radius 2 is 1.93 bits per heavy atom. The van der Waals surface area contributed by atoms with Crippen molar-refractivity contribution in [3.8, 4) is 0 Å². The van der Waals surface area contributed by atoms with Gasteiger partial charge in [-0.1, -0.05) is 36.1 Å². The molecule has 0 radical (unpaired) electrons. The van der Waals surface area contributed by atoms with Gasteiger partial charge in [0.2, 0.25) is 11.8 Å². The minimum atomic E-state index is -0.133. The lowest BCUT2D eigenvalue weighted by molar-refractivity contribution is -0.140. The van der Waals surface area contributed by atoms with E-state index in [1.54, 1.807) is 11.3 Å². The van der Waals surface area contributed by atoms with Crippen LogP contribution in [0.1, 0.15) is 25.7 Å². The van der Waals surface area contributed by atoms with Gasteiger partial charge in [-0.05, 0) is 55.7 Å². The van der Waals surface area contributed by atoms with Crippen LogP contribution >= 0.6 is 23.1 Å². The summed E-state index contributed by atoms with van der Waals surface area (Å²) in [6.07, 6.45) is 13.4. The fourth-order valence-corrected chi connectivity index (χ4v) is 7.82. The number of nitrogens with zero attached hydrogens (tertiary/aromatic N) is 2. The minimum Gasteiger partial charge on any atom is -0.367 e. The van der Waals surface area contributed by atoms with Crippen molar-refractivity contribution in [1.82, 2.24) is 9.88 Å². The van der Waals surface area contributed by atoms with Crippen molar-refractivity contribution in [1.29, 1.82) is 0 Å². The van der Waals surface area contributed by atoms with Gasteiger partial charge in [0.1, 0.15) is 0 Å². The molecule has 154 valence electrons. The molecule has 1 aromatic heterocycles. The Kier molecular flexibility index (Phi) is 4.49. The molecule has 30 heavy (non-hydrogen) atoms. The van der Waals surface area contributed by atoms with E-state index in [9.17, 15) is 9.59 Å². The zero-order valence-electron chi connectivity index (χ0n) is 16.5. The minimum absolute atomic E-state index is 0.00700. The van der Waals surface area contributed by atoms with E-state index in [0.29, 0.717) is 5.25 Å². The van der Waals surface area contributed by atoms with Crippen molar-refractivity contribution in [2.75, 3.05) is 12.0 Å². The number of hydrogen-bond donors (Lipinski definition) is 1. The summed E-state index contributed by atoms with van der Waals surface area (Å²) in [5.74, 6) is 0.230. The monoisotopic (exact) mass is 437 g/mol. The molecule has 1 N–H and O–H groups in total. The van der Waals surface area contributed by atoms with Crippen LogP contribution in [0.5, 0.6) is 0 Å². The molecule has 6 rings (SSSR count). The number of likely N-dealkylation sites (tertiary alicyclic amines) is 1. The van der Waals surface area contributed by atoms with E-state index < -0.39 is 0 Å². The fourth-order valence-electron chi connectivity index (χ4n) is 5.36. The maximum Gasteiger partial charge on any atom is 0.235 e. The largest absolute Gasteiger partial charge is 0.367 e. The van der Waals surface area contributed by atoms with E-state index in [2.05, 4.69) is 35.7 Å². The molecule has 2 amide bonds. The number of thioether (sulfide) groups is 1. The van der Waals surface area contributed by atoms with Gasteiger partial charge in [0.05, 0.1) is 28.7 Å². The highest BCUT2D eigenvalue weighted by molar-refractivity contribution is 8.01. The van der Waals surface area contributed by atoms with Crippen LogP contribution < -0.4 is 5.32 Å². The number of allylic oxidation sites excluding steroid dienone is 3. The van der Waals surface area contributed by atoms with Crippen molar-refractivity contribution in [3.05, 3.63) is 42.5 Å². The summed E-state index contributed by atoms with van der Waals surface area (Å²) in [6.45, 7) is 0.239. The van der Waals surface area contributed by atoms with E-state index in [1.165, 1.54) is 24.2 Å². The number of aromatic nitrogens is 1. The third kappa shape index (κ3) is 3.02. The van der Waals surface area contributed by atoms with Crippen LogP contribution in [0.25, 0.3) is 10.2 Å². The number of hydrogen-bond acceptors (Lipinski definition) is 6. The number of benzene rings is 1. The van der Waals surface area contributed by atoms with Gasteiger partial charge in [0, 0.05) is 10.9 Å². The van der Waals surface area contributed by atoms with E-state index >= 15 is 0 Å². The normalized spacial score (nSPS) is 31.9. The highest BCUT2D eigenvalue weighted by Gasteiger charge is 2.59. The number of fused-ring (bicyclic) bond motifs is 6. The first kappa shape index (κ1) is 18.6. The average Bonchev–Trinajstić information content (AvgIpc) is 3.51. The van der Waals surface area contributed by atoms with E-state index in [4.69, 9.17) is 4.98 Å². The molecule has 0 unspecified atom stereocenters. The van der Waals surface area contributed by atoms with Crippen molar-refractivity contribution in [2.24, 2.45) is 23.7 Å². The molecule has 7 heteroatoms. The number of thiazole rings is 1. The molecular formula is C23H23N3O2S2. The number of carbonyl (C=O) groups excluding carboxylic acids is 2. The molecule has 4 aliphatic rings. The Morgan fingerprint density at radius 1 is 1.13 bits per heavy atom. The third-order valence-corrected chi connectivity index (χ3v) is 9.17. The molecular weight excluding hydrogens is 414 g/mol. The van der Waals surface area contributed by atoms with Crippen LogP contribution in [0.2, 0.25) is 0 Å². The van der Waals surface area contributed by atoms with Crippen LogP contribution in [-0.2, 0) is 9.59 Å². The predicted octanol–water partition coefficient (Wildman–Crippen LogP) is 4.67. The highest BCUT2D eigenvalue weighted by atomic mass is 32.2. The lowest BCUT2D eigenvalue weighted by atomic mass is 9.85. The Morgan fingerprint density at radius 3 is 2.67 bits per heavy atom. The molecule has 3 aliphatic carbocycles. The van der Waals surface area contributed by atoms with Gasteiger partial charge in [-0.3, -0.25) is 14.5 Å². The van der Waals surface area contributed by atoms with Crippen molar-refractivity contribution in [2.45, 2.75) is 35.3 Å². The molecule has 2 fully saturated rings. The van der Waals surface area contributed by atoms with Gasteiger partial charge in [-0.2, -0.15) is 0 Å². The Balaban J connectivity index is 1.14. The SMILES string of the molecule is O=C1[C@@H]2[C@H](C(=O)N1CNc1ccc3nc(S[C@H]4C=CCCC4)sc3c1)[C@@H]1C=C[C@H]2C1. The summed E-state index contributed by atoms with van der Waals surface area (Å²) in [4.78, 5) is 31.8. The summed E-state index contributed by atoms with van der Waals surface area (Å²) in [5, 5.41) is 3.82. The van der Waals surface area contributed by atoms with E-state index in [-0.39, 0.29) is 42.2 Å². The van der Waals surface area contributed by atoms with Gasteiger partial charge in [-0.15, -0.1) is 11.3 Å². The molecule has 1 aliphatic heterocycles. The first-order valence-electron chi connectivity index (χ1n) is 10.7. The second-order valence-corrected chi connectivity index (χ2v) is 11.1. The van der Waals surface area contributed by atoms with Gasteiger partial charge >= 0.3 is 0 Å². The predicted molar refractivity (Wildman–Crippen MR) is 120 cm³/mol. The first-order valence-corrected chi connectivity index (χ1v) is 12.4. The maximum atomic E-state index is 12.8. The highest BCUT2D eigenvalue weighted by Crippen LogP contribution is 2.52. The fraction of sp³-hybridized carbons (Fsp3) is 0.435. The molecule has 2 bridgehead atoms. The standard InChI is InChI=1S/C23H23N3O2S2/c27-21-19-13-6-7-14(10-13)20(19)22(28)26(21)12-24-15-8-9-17-18(11-15)30-23(25-17)29-16-4-2-1-3-5-16/h2,4,6-9,11,13-14,16,19-20,24H,1,3,5,10,12H2/t13-,14+,16-,19-,20+/m0/s1. The van der Waals surface area contributed by atoms with Gasteiger partial charge in [-0.25, -0.2) is 4.98 Å². The first-order chi connectivity index (χ1) is 14.7. The number of anilines is 1. The average molecular weight is 438 g/mol. The van der Waals surface area contributed by atoms with Gasteiger partial charge in [0.25, 0.3) is 0 Å². The quantitative estimate of drug-likeness (QED) is 0.544. The molecule has 1 saturated carbocycles.